The first-order valence-corrected chi connectivity index (χ1v) is 13.1. The lowest BCUT2D eigenvalue weighted by molar-refractivity contribution is -0.141. The fraction of sp³-hybridized carbons (Fsp3) is 0.138. The topological polar surface area (TPSA) is 73.1 Å². The zero-order valence-electron chi connectivity index (χ0n) is 20.5. The Morgan fingerprint density at radius 1 is 1.00 bits per heavy atom. The van der Waals surface area contributed by atoms with Crippen LogP contribution in [0.4, 0.5) is 0 Å². The monoisotopic (exact) mass is 545 g/mol. The van der Waals surface area contributed by atoms with Crippen LogP contribution >= 0.6 is 22.9 Å². The lowest BCUT2D eigenvalue weighted by Crippen LogP contribution is -2.36. The van der Waals surface area contributed by atoms with Crippen LogP contribution < -0.4 is 4.74 Å². The first-order valence-electron chi connectivity index (χ1n) is 11.8. The Balaban J connectivity index is 1.33. The molecule has 0 bridgehead atoms. The quantitative estimate of drug-likeness (QED) is 0.209. The summed E-state index contributed by atoms with van der Waals surface area (Å²) in [6, 6.07) is 20.8. The summed E-state index contributed by atoms with van der Waals surface area (Å²) in [5, 5.41) is 4.72. The Bertz CT molecular complexity index is 1550. The predicted octanol–water partition coefficient (Wildman–Crippen LogP) is 6.11. The highest BCUT2D eigenvalue weighted by Crippen LogP contribution is 2.23. The molecule has 38 heavy (non-hydrogen) atoms. The summed E-state index contributed by atoms with van der Waals surface area (Å²) < 4.78 is 12.4. The van der Waals surface area contributed by atoms with E-state index in [4.69, 9.17) is 21.1 Å². The van der Waals surface area contributed by atoms with Gasteiger partial charge in [-0.3, -0.25) is 9.59 Å². The van der Waals surface area contributed by atoms with Crippen molar-refractivity contribution in [3.63, 3.8) is 0 Å². The van der Waals surface area contributed by atoms with Gasteiger partial charge in [0.1, 0.15) is 30.2 Å². The van der Waals surface area contributed by atoms with Gasteiger partial charge in [-0.15, -0.1) is 0 Å². The molecular formula is C29H24ClN3O4S. The number of imidazole rings is 1. The first kappa shape index (κ1) is 25.5. The highest BCUT2D eigenvalue weighted by molar-refractivity contribution is 7.07. The number of ether oxygens (including phenoxy) is 2. The van der Waals surface area contributed by atoms with E-state index in [0.717, 1.165) is 28.0 Å². The first-order chi connectivity index (χ1) is 18.5. The van der Waals surface area contributed by atoms with Gasteiger partial charge in [0.15, 0.2) is 0 Å². The largest absolute Gasteiger partial charge is 0.489 e. The molecule has 192 valence electrons. The maximum Gasteiger partial charge on any atom is 0.325 e. The number of carbonyl (C=O) groups excluding carboxylic acids is 2. The molecule has 3 aromatic heterocycles. The van der Waals surface area contributed by atoms with E-state index >= 15 is 0 Å². The number of benzene rings is 2. The average molecular weight is 546 g/mol. The summed E-state index contributed by atoms with van der Waals surface area (Å²) in [7, 11) is 1.30. The normalized spacial score (nSPS) is 10.9. The van der Waals surface area contributed by atoms with Crippen molar-refractivity contribution in [1.29, 1.82) is 0 Å². The maximum atomic E-state index is 13.5. The molecule has 0 aliphatic rings. The summed E-state index contributed by atoms with van der Waals surface area (Å²) in [5.74, 6) is -0.157. The van der Waals surface area contributed by atoms with Gasteiger partial charge in [0.2, 0.25) is 0 Å². The number of fused-ring (bicyclic) bond motifs is 1. The number of amides is 1. The molecule has 0 aliphatic carbocycles. The van der Waals surface area contributed by atoms with Gasteiger partial charge in [-0.25, -0.2) is 4.98 Å². The van der Waals surface area contributed by atoms with Crippen LogP contribution in [0.1, 0.15) is 21.6 Å². The standard InChI is InChI=1S/C29H24ClN3O4S/c1-36-28(34)17-33(15-20-2-8-25(9-3-20)37-18-21-11-13-38-19-21)29(35)26-16-32-12-10-23(14-27(32)31-26)22-4-6-24(30)7-5-22/h2-14,16,19H,15,17-18H2,1H3. The van der Waals surface area contributed by atoms with E-state index in [9.17, 15) is 9.59 Å². The molecule has 0 N–H and O–H groups in total. The predicted molar refractivity (Wildman–Crippen MR) is 147 cm³/mol. The number of hydrogen-bond acceptors (Lipinski definition) is 6. The van der Waals surface area contributed by atoms with Gasteiger partial charge in [-0.2, -0.15) is 11.3 Å². The van der Waals surface area contributed by atoms with E-state index in [1.165, 1.54) is 12.0 Å². The second-order valence-corrected chi connectivity index (χ2v) is 9.83. The summed E-state index contributed by atoms with van der Waals surface area (Å²) in [6.45, 7) is 0.502. The third-order valence-electron chi connectivity index (χ3n) is 5.97. The van der Waals surface area contributed by atoms with Gasteiger partial charge in [-0.1, -0.05) is 35.9 Å². The number of rotatable bonds is 9. The van der Waals surface area contributed by atoms with Crippen LogP contribution in [0.3, 0.4) is 0 Å². The van der Waals surface area contributed by atoms with Gasteiger partial charge in [0.25, 0.3) is 5.91 Å². The van der Waals surface area contributed by atoms with Gasteiger partial charge in [0, 0.05) is 24.0 Å². The SMILES string of the molecule is COC(=O)CN(Cc1ccc(OCc2ccsc2)cc1)C(=O)c1cn2ccc(-c3ccc(Cl)cc3)cc2n1. The minimum Gasteiger partial charge on any atom is -0.489 e. The molecular weight excluding hydrogens is 522 g/mol. The van der Waals surface area contributed by atoms with E-state index in [1.807, 2.05) is 83.7 Å². The third kappa shape index (κ3) is 6.04. The van der Waals surface area contributed by atoms with Crippen molar-refractivity contribution in [3.05, 3.63) is 112 Å². The number of halogens is 1. The van der Waals surface area contributed by atoms with Crippen molar-refractivity contribution in [2.75, 3.05) is 13.7 Å². The third-order valence-corrected chi connectivity index (χ3v) is 6.96. The van der Waals surface area contributed by atoms with Crippen molar-refractivity contribution in [2.24, 2.45) is 0 Å². The molecule has 5 aromatic rings. The van der Waals surface area contributed by atoms with E-state index in [2.05, 4.69) is 4.98 Å². The summed E-state index contributed by atoms with van der Waals surface area (Å²) in [5.41, 5.74) is 4.75. The van der Waals surface area contributed by atoms with Crippen molar-refractivity contribution < 1.29 is 19.1 Å². The second-order valence-electron chi connectivity index (χ2n) is 8.62. The number of methoxy groups -OCH3 is 1. The fourth-order valence-electron chi connectivity index (χ4n) is 3.94. The van der Waals surface area contributed by atoms with E-state index in [-0.39, 0.29) is 24.7 Å². The average Bonchev–Trinajstić information content (AvgIpc) is 3.62. The molecule has 5 rings (SSSR count). The zero-order valence-corrected chi connectivity index (χ0v) is 22.1. The van der Waals surface area contributed by atoms with Crippen LogP contribution in [-0.4, -0.2) is 39.8 Å². The molecule has 0 aliphatic heterocycles. The molecule has 0 spiro atoms. The van der Waals surface area contributed by atoms with Crippen LogP contribution in [0, 0.1) is 0 Å². The van der Waals surface area contributed by atoms with Crippen molar-refractivity contribution >= 4 is 40.5 Å². The van der Waals surface area contributed by atoms with Gasteiger partial charge >= 0.3 is 5.97 Å². The van der Waals surface area contributed by atoms with Gasteiger partial charge < -0.3 is 18.8 Å². The molecule has 0 fully saturated rings. The van der Waals surface area contributed by atoms with Gasteiger partial charge in [0.05, 0.1) is 7.11 Å². The highest BCUT2D eigenvalue weighted by atomic mass is 35.5. The highest BCUT2D eigenvalue weighted by Gasteiger charge is 2.22. The number of hydrogen-bond donors (Lipinski definition) is 0. The molecule has 9 heteroatoms. The number of esters is 1. The smallest absolute Gasteiger partial charge is 0.325 e. The summed E-state index contributed by atoms with van der Waals surface area (Å²) >= 11 is 7.64. The number of pyridine rings is 1. The second kappa shape index (κ2) is 11.5. The molecule has 0 saturated carbocycles. The Morgan fingerprint density at radius 3 is 2.50 bits per heavy atom. The molecule has 0 saturated heterocycles. The number of aromatic nitrogens is 2. The van der Waals surface area contributed by atoms with Crippen molar-refractivity contribution in [3.8, 4) is 16.9 Å². The van der Waals surface area contributed by atoms with Crippen molar-refractivity contribution in [1.82, 2.24) is 14.3 Å². The Kier molecular flexibility index (Phi) is 7.72. The molecule has 3 heterocycles. The zero-order chi connectivity index (χ0) is 26.5. The van der Waals surface area contributed by atoms with E-state index < -0.39 is 5.97 Å². The van der Waals surface area contributed by atoms with E-state index in [1.54, 1.807) is 21.9 Å². The lowest BCUT2D eigenvalue weighted by Gasteiger charge is -2.20. The molecule has 0 atom stereocenters. The minimum atomic E-state index is -0.511. The van der Waals surface area contributed by atoms with Crippen LogP contribution in [0.5, 0.6) is 5.75 Å². The summed E-state index contributed by atoms with van der Waals surface area (Å²) in [6.07, 6.45) is 3.51. The molecule has 0 radical (unpaired) electrons. The maximum absolute atomic E-state index is 13.5. The number of nitrogens with zero attached hydrogens (tertiary/aromatic N) is 3. The van der Waals surface area contributed by atoms with Crippen LogP contribution in [0.15, 0.2) is 89.9 Å². The summed E-state index contributed by atoms with van der Waals surface area (Å²) in [4.78, 5) is 31.6. The lowest BCUT2D eigenvalue weighted by atomic mass is 10.1. The molecule has 1 amide bonds. The van der Waals surface area contributed by atoms with E-state index in [0.29, 0.717) is 17.3 Å². The molecule has 7 nitrogen and oxygen atoms in total. The molecule has 0 unspecified atom stereocenters. The van der Waals surface area contributed by atoms with Crippen LogP contribution in [0.25, 0.3) is 16.8 Å². The number of carbonyl (C=O) groups is 2. The van der Waals surface area contributed by atoms with Crippen LogP contribution in [0.2, 0.25) is 5.02 Å². The fourth-order valence-corrected chi connectivity index (χ4v) is 4.72. The Hall–Kier alpha value is -4.14. The Labute approximate surface area is 228 Å². The van der Waals surface area contributed by atoms with Crippen LogP contribution in [-0.2, 0) is 22.7 Å². The van der Waals surface area contributed by atoms with Gasteiger partial charge in [-0.05, 0) is 75.5 Å². The number of thiophene rings is 1. The minimum absolute atomic E-state index is 0.199. The molecule has 2 aromatic carbocycles. The van der Waals surface area contributed by atoms with Crippen molar-refractivity contribution in [2.45, 2.75) is 13.2 Å². The Morgan fingerprint density at radius 2 is 1.79 bits per heavy atom.